The van der Waals surface area contributed by atoms with E-state index >= 15 is 0 Å². The Labute approximate surface area is 111 Å². The first-order chi connectivity index (χ1) is 9.56. The largest absolute Gasteiger partial charge is 0.478 e. The molecule has 0 aliphatic carbocycles. The second-order valence-corrected chi connectivity index (χ2v) is 4.21. The van der Waals surface area contributed by atoms with Gasteiger partial charge in [0.05, 0.1) is 16.8 Å². The van der Waals surface area contributed by atoms with Crippen LogP contribution in [-0.4, -0.2) is 20.5 Å². The second-order valence-electron chi connectivity index (χ2n) is 4.21. The monoisotopic (exact) mass is 274 g/mol. The highest BCUT2D eigenvalue weighted by molar-refractivity contribution is 5.88. The molecule has 0 aliphatic heterocycles. The Kier molecular flexibility index (Phi) is 2.71. The summed E-state index contributed by atoms with van der Waals surface area (Å²) in [4.78, 5) is 14.9. The number of hydrogen-bond acceptors (Lipinski definition) is 2. The van der Waals surface area contributed by atoms with Gasteiger partial charge in [-0.3, -0.25) is 0 Å². The van der Waals surface area contributed by atoms with Gasteiger partial charge in [0.25, 0.3) is 0 Å². The van der Waals surface area contributed by atoms with Crippen LogP contribution in [0.4, 0.5) is 8.78 Å². The molecule has 0 amide bonds. The highest BCUT2D eigenvalue weighted by atomic mass is 19.1. The molecule has 6 heteroatoms. The molecule has 3 aromatic rings. The third kappa shape index (κ3) is 1.91. The molecule has 0 radical (unpaired) electrons. The van der Waals surface area contributed by atoms with E-state index in [1.165, 1.54) is 35.0 Å². The highest BCUT2D eigenvalue weighted by Crippen LogP contribution is 2.25. The van der Waals surface area contributed by atoms with Gasteiger partial charge in [-0.05, 0) is 24.3 Å². The Morgan fingerprint density at radius 2 is 1.90 bits per heavy atom. The van der Waals surface area contributed by atoms with Gasteiger partial charge in [-0.1, -0.05) is 6.07 Å². The van der Waals surface area contributed by atoms with E-state index in [2.05, 4.69) is 4.98 Å². The molecule has 1 aromatic carbocycles. The van der Waals surface area contributed by atoms with Gasteiger partial charge in [-0.15, -0.1) is 0 Å². The number of aromatic nitrogens is 2. The lowest BCUT2D eigenvalue weighted by Gasteiger charge is -1.99. The highest BCUT2D eigenvalue weighted by Gasteiger charge is 2.15. The van der Waals surface area contributed by atoms with Gasteiger partial charge in [0, 0.05) is 12.4 Å². The SMILES string of the molecule is O=C(O)c1ccn2cc(-c3c(F)cccc3F)nc2c1. The lowest BCUT2D eigenvalue weighted by molar-refractivity contribution is 0.0697. The van der Waals surface area contributed by atoms with Crippen molar-refractivity contribution < 1.29 is 18.7 Å². The zero-order valence-electron chi connectivity index (χ0n) is 10.0. The van der Waals surface area contributed by atoms with Crippen molar-refractivity contribution in [3.05, 3.63) is 59.9 Å². The molecular formula is C14H8F2N2O2. The molecule has 0 spiro atoms. The van der Waals surface area contributed by atoms with Crippen molar-refractivity contribution in [3.8, 4) is 11.3 Å². The van der Waals surface area contributed by atoms with Crippen LogP contribution in [0.15, 0.2) is 42.7 Å². The molecule has 3 rings (SSSR count). The van der Waals surface area contributed by atoms with Crippen molar-refractivity contribution >= 4 is 11.6 Å². The molecule has 0 saturated carbocycles. The number of fused-ring (bicyclic) bond motifs is 1. The predicted molar refractivity (Wildman–Crippen MR) is 67.5 cm³/mol. The van der Waals surface area contributed by atoms with Crippen LogP contribution in [0.3, 0.4) is 0 Å². The molecule has 0 aliphatic rings. The van der Waals surface area contributed by atoms with E-state index in [1.807, 2.05) is 0 Å². The van der Waals surface area contributed by atoms with E-state index in [-0.39, 0.29) is 16.8 Å². The second kappa shape index (κ2) is 4.41. The lowest BCUT2D eigenvalue weighted by atomic mass is 10.1. The lowest BCUT2D eigenvalue weighted by Crippen LogP contribution is -1.96. The Morgan fingerprint density at radius 3 is 2.55 bits per heavy atom. The van der Waals surface area contributed by atoms with E-state index in [0.717, 1.165) is 12.1 Å². The molecular weight excluding hydrogens is 266 g/mol. The maximum Gasteiger partial charge on any atom is 0.335 e. The van der Waals surface area contributed by atoms with Gasteiger partial charge in [0.1, 0.15) is 17.3 Å². The van der Waals surface area contributed by atoms with Crippen molar-refractivity contribution in [1.29, 1.82) is 0 Å². The Morgan fingerprint density at radius 1 is 1.20 bits per heavy atom. The van der Waals surface area contributed by atoms with Crippen LogP contribution in [0.2, 0.25) is 0 Å². The number of pyridine rings is 1. The van der Waals surface area contributed by atoms with Crippen LogP contribution in [0.5, 0.6) is 0 Å². The molecule has 0 atom stereocenters. The summed E-state index contributed by atoms with van der Waals surface area (Å²) in [5.74, 6) is -2.52. The summed E-state index contributed by atoms with van der Waals surface area (Å²) in [5.41, 5.74) is 0.252. The quantitative estimate of drug-likeness (QED) is 0.781. The minimum Gasteiger partial charge on any atom is -0.478 e. The molecule has 0 saturated heterocycles. The van der Waals surface area contributed by atoms with Crippen LogP contribution in [0, 0.1) is 11.6 Å². The Hall–Kier alpha value is -2.76. The fraction of sp³-hybridized carbons (Fsp3) is 0. The molecule has 1 N–H and O–H groups in total. The van der Waals surface area contributed by atoms with Gasteiger partial charge < -0.3 is 9.51 Å². The van der Waals surface area contributed by atoms with Crippen molar-refractivity contribution in [1.82, 2.24) is 9.38 Å². The molecule has 100 valence electrons. The van der Waals surface area contributed by atoms with Crippen LogP contribution in [0.1, 0.15) is 10.4 Å². The number of nitrogens with zero attached hydrogens (tertiary/aromatic N) is 2. The normalized spacial score (nSPS) is 10.9. The number of benzene rings is 1. The molecule has 20 heavy (non-hydrogen) atoms. The molecule has 0 fully saturated rings. The number of rotatable bonds is 2. The number of carbonyl (C=O) groups is 1. The molecule has 4 nitrogen and oxygen atoms in total. The van der Waals surface area contributed by atoms with Gasteiger partial charge >= 0.3 is 5.97 Å². The summed E-state index contributed by atoms with van der Waals surface area (Å²) in [6.07, 6.45) is 2.93. The first kappa shape index (κ1) is 12.3. The van der Waals surface area contributed by atoms with Crippen molar-refractivity contribution in [2.45, 2.75) is 0 Å². The van der Waals surface area contributed by atoms with Gasteiger partial charge in [0.15, 0.2) is 0 Å². The van der Waals surface area contributed by atoms with E-state index in [4.69, 9.17) is 5.11 Å². The third-order valence-corrected chi connectivity index (χ3v) is 2.93. The smallest absolute Gasteiger partial charge is 0.335 e. The maximum atomic E-state index is 13.7. The molecule has 0 bridgehead atoms. The summed E-state index contributed by atoms with van der Waals surface area (Å²) >= 11 is 0. The van der Waals surface area contributed by atoms with Gasteiger partial charge in [0.2, 0.25) is 0 Å². The van der Waals surface area contributed by atoms with Crippen LogP contribution in [0.25, 0.3) is 16.9 Å². The van der Waals surface area contributed by atoms with E-state index < -0.39 is 17.6 Å². The molecule has 0 unspecified atom stereocenters. The fourth-order valence-corrected chi connectivity index (χ4v) is 1.98. The van der Waals surface area contributed by atoms with Crippen molar-refractivity contribution in [2.24, 2.45) is 0 Å². The first-order valence-corrected chi connectivity index (χ1v) is 5.72. The summed E-state index contributed by atoms with van der Waals surface area (Å²) in [5, 5.41) is 8.90. The molecule has 2 heterocycles. The summed E-state index contributed by atoms with van der Waals surface area (Å²) in [6.45, 7) is 0. The van der Waals surface area contributed by atoms with Crippen LogP contribution in [-0.2, 0) is 0 Å². The van der Waals surface area contributed by atoms with Crippen molar-refractivity contribution in [2.75, 3.05) is 0 Å². The third-order valence-electron chi connectivity index (χ3n) is 2.93. The number of imidazole rings is 1. The number of carboxylic acids is 1. The maximum absolute atomic E-state index is 13.7. The zero-order valence-corrected chi connectivity index (χ0v) is 10.0. The zero-order chi connectivity index (χ0) is 14.3. The summed E-state index contributed by atoms with van der Waals surface area (Å²) in [7, 11) is 0. The fourth-order valence-electron chi connectivity index (χ4n) is 1.98. The average molecular weight is 274 g/mol. The number of carboxylic acid groups (broad SMARTS) is 1. The summed E-state index contributed by atoms with van der Waals surface area (Å²) in [6, 6.07) is 6.28. The molecule has 2 aromatic heterocycles. The topological polar surface area (TPSA) is 54.6 Å². The van der Waals surface area contributed by atoms with Gasteiger partial charge in [-0.2, -0.15) is 0 Å². The first-order valence-electron chi connectivity index (χ1n) is 5.72. The van der Waals surface area contributed by atoms with Gasteiger partial charge in [-0.25, -0.2) is 18.6 Å². The van der Waals surface area contributed by atoms with Crippen LogP contribution >= 0.6 is 0 Å². The van der Waals surface area contributed by atoms with E-state index in [9.17, 15) is 13.6 Å². The predicted octanol–water partition coefficient (Wildman–Crippen LogP) is 2.98. The Balaban J connectivity index is 2.21. The van der Waals surface area contributed by atoms with E-state index in [0.29, 0.717) is 5.65 Å². The minimum atomic E-state index is -1.09. The van der Waals surface area contributed by atoms with E-state index in [1.54, 1.807) is 0 Å². The van der Waals surface area contributed by atoms with Crippen molar-refractivity contribution in [3.63, 3.8) is 0 Å². The number of aromatic carboxylic acids is 1. The average Bonchev–Trinajstić information content (AvgIpc) is 2.80. The van der Waals surface area contributed by atoms with Crippen LogP contribution < -0.4 is 0 Å². The number of halogens is 2. The summed E-state index contributed by atoms with van der Waals surface area (Å²) < 4.78 is 28.9. The Bertz CT molecular complexity index is 807. The standard InChI is InChI=1S/C14H8F2N2O2/c15-9-2-1-3-10(16)13(9)11-7-18-5-4-8(14(19)20)6-12(18)17-11/h1-7H,(H,19,20). The number of hydrogen-bond donors (Lipinski definition) is 1. The minimum absolute atomic E-state index is 0.0589.